The summed E-state index contributed by atoms with van der Waals surface area (Å²) in [6, 6.07) is -0.890. The fourth-order valence-electron chi connectivity index (χ4n) is 10.3. The van der Waals surface area contributed by atoms with E-state index in [2.05, 4.69) is 62.5 Å². The number of hydrogen-bond donors (Lipinski definition) is 1. The second-order valence-corrected chi connectivity index (χ2v) is 26.4. The Balaban J connectivity index is 5.12. The lowest BCUT2D eigenvalue weighted by Gasteiger charge is -2.30. The summed E-state index contributed by atoms with van der Waals surface area (Å²) in [5.41, 5.74) is 0. The van der Waals surface area contributed by atoms with Crippen molar-refractivity contribution in [2.45, 2.75) is 354 Å². The van der Waals surface area contributed by atoms with E-state index < -0.39 is 20.0 Å². The molecule has 0 aliphatic heterocycles. The van der Waals surface area contributed by atoms with Crippen LogP contribution < -0.4 is 10.2 Å². The number of likely N-dealkylation sites (N-methyl/N-ethyl adjacent to an activating group) is 1. The van der Waals surface area contributed by atoms with Gasteiger partial charge in [0.25, 0.3) is 7.82 Å². The van der Waals surface area contributed by atoms with Crippen LogP contribution in [-0.4, -0.2) is 69.4 Å². The number of phosphoric acid groups is 1. The van der Waals surface area contributed by atoms with E-state index in [1.165, 1.54) is 231 Å². The van der Waals surface area contributed by atoms with Crippen molar-refractivity contribution >= 4 is 19.7 Å². The van der Waals surface area contributed by atoms with Crippen molar-refractivity contribution in [1.29, 1.82) is 0 Å². The molecule has 0 aliphatic rings. The molecule has 0 saturated heterocycles. The van der Waals surface area contributed by atoms with Crippen molar-refractivity contribution in [2.24, 2.45) is 0 Å². The molecule has 81 heavy (non-hydrogen) atoms. The van der Waals surface area contributed by atoms with Crippen molar-refractivity contribution in [3.63, 3.8) is 0 Å². The van der Waals surface area contributed by atoms with Gasteiger partial charge in [0.15, 0.2) is 0 Å². The van der Waals surface area contributed by atoms with Gasteiger partial charge in [0, 0.05) is 12.8 Å². The number of carbonyl (C=O) groups excluding carboxylic acids is 2. The molecule has 1 amide bonds. The first-order chi connectivity index (χ1) is 39.4. The molecule has 0 aromatic rings. The molecular weight excluding hydrogens is 1020 g/mol. The van der Waals surface area contributed by atoms with Gasteiger partial charge < -0.3 is 28.5 Å². The summed E-state index contributed by atoms with van der Waals surface area (Å²) in [5.74, 6) is -0.531. The van der Waals surface area contributed by atoms with E-state index in [1.807, 2.05) is 33.3 Å². The van der Waals surface area contributed by atoms with Gasteiger partial charge in [0.1, 0.15) is 19.3 Å². The number of quaternary nitrogens is 1. The largest absolute Gasteiger partial charge is 0.756 e. The molecule has 0 aliphatic carbocycles. The monoisotopic (exact) mass is 1160 g/mol. The Labute approximate surface area is 503 Å². The van der Waals surface area contributed by atoms with E-state index in [4.69, 9.17) is 13.8 Å². The maximum atomic E-state index is 13.6. The highest BCUT2D eigenvalue weighted by Crippen LogP contribution is 2.38. The van der Waals surface area contributed by atoms with Crippen molar-refractivity contribution in [3.05, 3.63) is 48.6 Å². The van der Waals surface area contributed by atoms with Crippen LogP contribution in [0.25, 0.3) is 0 Å². The molecule has 9 nitrogen and oxygen atoms in total. The molecule has 0 saturated carbocycles. The smallest absolute Gasteiger partial charge is 0.306 e. The maximum Gasteiger partial charge on any atom is 0.306 e. The minimum Gasteiger partial charge on any atom is -0.756 e. The van der Waals surface area contributed by atoms with E-state index >= 15 is 0 Å². The lowest BCUT2D eigenvalue weighted by atomic mass is 10.0. The van der Waals surface area contributed by atoms with Crippen LogP contribution in [0.3, 0.4) is 0 Å². The molecule has 1 N–H and O–H groups in total. The first kappa shape index (κ1) is 79.0. The molecule has 0 spiro atoms. The SMILES string of the molecule is CCCCC/C=C\C/C=C\CCCCCCCCCCCC(=O)NC(COP(=O)([O-])OCC[N+](C)(C)C)C(/C=C/CCCCCCCCCCCCC)OC(=O)CCCCCCCCCCCCCCC/C=C/CCCCCCCC. The van der Waals surface area contributed by atoms with Gasteiger partial charge in [-0.05, 0) is 89.5 Å². The first-order valence-corrected chi connectivity index (χ1v) is 36.4. The zero-order valence-corrected chi connectivity index (χ0v) is 55.4. The fourth-order valence-corrected chi connectivity index (χ4v) is 11.0. The molecule has 476 valence electrons. The standard InChI is InChI=1S/C71H135N2O7P/c1-7-10-13-16-19-22-25-28-30-32-34-35-36-37-39-41-43-46-49-52-55-58-61-64-71(75)80-69(62-59-56-53-50-47-44-27-24-21-18-15-12-9-3)68(67-79-81(76,77)78-66-65-73(4,5)6)72-70(74)63-60-57-54-51-48-45-42-40-38-33-31-29-26-23-20-17-14-11-8-2/h20,23,28-31,59,62,68-69H,7-19,21-22,24-27,32-58,60-61,63-67H2,1-6H3,(H-,72,74,76,77)/b23-20-,30-28+,31-29-,62-59+. The Morgan fingerprint density at radius 1 is 0.432 bits per heavy atom. The van der Waals surface area contributed by atoms with Gasteiger partial charge in [0.05, 0.1) is 33.8 Å². The van der Waals surface area contributed by atoms with Gasteiger partial charge in [-0.25, -0.2) is 0 Å². The molecule has 3 unspecified atom stereocenters. The van der Waals surface area contributed by atoms with Crippen LogP contribution in [0.5, 0.6) is 0 Å². The minimum absolute atomic E-state index is 0.0221. The Hall–Kier alpha value is -2.03. The van der Waals surface area contributed by atoms with Crippen LogP contribution in [-0.2, 0) is 27.9 Å². The fraction of sp³-hybridized carbons (Fsp3) is 0.859. The number of amides is 1. The van der Waals surface area contributed by atoms with E-state index in [0.717, 1.165) is 77.0 Å². The third-order valence-electron chi connectivity index (χ3n) is 15.7. The van der Waals surface area contributed by atoms with Gasteiger partial charge in [0.2, 0.25) is 5.91 Å². The lowest BCUT2D eigenvalue weighted by Crippen LogP contribution is -2.47. The molecule has 0 bridgehead atoms. The minimum atomic E-state index is -4.70. The quantitative estimate of drug-likeness (QED) is 0.0212. The summed E-state index contributed by atoms with van der Waals surface area (Å²) < 4.78 is 30.4. The van der Waals surface area contributed by atoms with Crippen LogP contribution >= 0.6 is 7.82 Å². The number of rotatable bonds is 64. The molecule has 0 radical (unpaired) electrons. The Kier molecular flexibility index (Phi) is 59.5. The predicted octanol–water partition coefficient (Wildman–Crippen LogP) is 21.4. The zero-order chi connectivity index (χ0) is 59.3. The topological polar surface area (TPSA) is 114 Å². The highest BCUT2D eigenvalue weighted by Gasteiger charge is 2.27. The van der Waals surface area contributed by atoms with Crippen molar-refractivity contribution in [3.8, 4) is 0 Å². The average Bonchev–Trinajstić information content (AvgIpc) is 3.44. The summed E-state index contributed by atoms with van der Waals surface area (Å²) in [6.45, 7) is 6.86. The van der Waals surface area contributed by atoms with Crippen molar-refractivity contribution in [1.82, 2.24) is 5.32 Å². The normalized spacial score (nSPS) is 13.8. The highest BCUT2D eigenvalue weighted by molar-refractivity contribution is 7.45. The van der Waals surface area contributed by atoms with Gasteiger partial charge in [-0.1, -0.05) is 288 Å². The highest BCUT2D eigenvalue weighted by atomic mass is 31.2. The molecule has 0 heterocycles. The molecule has 0 rings (SSSR count). The summed E-state index contributed by atoms with van der Waals surface area (Å²) in [5, 5.41) is 3.04. The third kappa shape index (κ3) is 62.3. The zero-order valence-electron chi connectivity index (χ0n) is 54.5. The van der Waals surface area contributed by atoms with Gasteiger partial charge in [-0.2, -0.15) is 0 Å². The first-order valence-electron chi connectivity index (χ1n) is 34.9. The van der Waals surface area contributed by atoms with Gasteiger partial charge in [-0.15, -0.1) is 0 Å². The summed E-state index contributed by atoms with van der Waals surface area (Å²) in [7, 11) is 1.19. The summed E-state index contributed by atoms with van der Waals surface area (Å²) >= 11 is 0. The number of hydrogen-bond acceptors (Lipinski definition) is 7. The second kappa shape index (κ2) is 61.1. The number of phosphoric ester groups is 1. The molecule has 10 heteroatoms. The van der Waals surface area contributed by atoms with Crippen LogP contribution in [0.2, 0.25) is 0 Å². The van der Waals surface area contributed by atoms with E-state index in [9.17, 15) is 19.0 Å². The molecule has 3 atom stereocenters. The maximum absolute atomic E-state index is 13.6. The summed E-state index contributed by atoms with van der Waals surface area (Å²) in [4.78, 5) is 40.2. The Morgan fingerprint density at radius 2 is 0.753 bits per heavy atom. The molecule has 0 aromatic carbocycles. The number of esters is 1. The van der Waals surface area contributed by atoms with Crippen LogP contribution in [0.4, 0.5) is 0 Å². The van der Waals surface area contributed by atoms with Crippen LogP contribution in [0, 0.1) is 0 Å². The van der Waals surface area contributed by atoms with E-state index in [-0.39, 0.29) is 31.5 Å². The predicted molar refractivity (Wildman–Crippen MR) is 349 cm³/mol. The van der Waals surface area contributed by atoms with Gasteiger partial charge >= 0.3 is 5.97 Å². The average molecular weight is 1160 g/mol. The second-order valence-electron chi connectivity index (χ2n) is 25.0. The van der Waals surface area contributed by atoms with Crippen LogP contribution in [0.1, 0.15) is 342 Å². The Morgan fingerprint density at radius 3 is 1.15 bits per heavy atom. The van der Waals surface area contributed by atoms with E-state index in [0.29, 0.717) is 17.4 Å². The van der Waals surface area contributed by atoms with Crippen molar-refractivity contribution in [2.75, 3.05) is 40.9 Å². The Bertz CT molecular complexity index is 1520. The number of carbonyl (C=O) groups is 2. The molecular formula is C71H135N2O7P. The third-order valence-corrected chi connectivity index (χ3v) is 16.7. The number of nitrogens with one attached hydrogen (secondary N) is 1. The number of unbranched alkanes of at least 4 members (excludes halogenated alkanes) is 42. The van der Waals surface area contributed by atoms with Crippen LogP contribution in [0.15, 0.2) is 48.6 Å². The molecule has 0 aromatic heterocycles. The summed E-state index contributed by atoms with van der Waals surface area (Å²) in [6.07, 6.45) is 76.5. The molecule has 0 fully saturated rings. The number of ether oxygens (including phenoxy) is 1. The lowest BCUT2D eigenvalue weighted by molar-refractivity contribution is -0.870. The van der Waals surface area contributed by atoms with Crippen molar-refractivity contribution < 1.29 is 37.3 Å². The van der Waals surface area contributed by atoms with Gasteiger partial charge in [-0.3, -0.25) is 14.2 Å². The number of allylic oxidation sites excluding steroid dienone is 7. The van der Waals surface area contributed by atoms with E-state index in [1.54, 1.807) is 0 Å². The number of nitrogens with zero attached hydrogens (tertiary/aromatic N) is 1.